The number of nitrogens with zero attached hydrogens (tertiary/aromatic N) is 4. The Morgan fingerprint density at radius 2 is 2.16 bits per heavy atom. The molecule has 1 atom stereocenters. The van der Waals surface area contributed by atoms with E-state index in [0.717, 1.165) is 36.6 Å². The summed E-state index contributed by atoms with van der Waals surface area (Å²) in [7, 11) is 2.09. The molecule has 7 heteroatoms. The van der Waals surface area contributed by atoms with Crippen LogP contribution in [0.2, 0.25) is 0 Å². The Kier molecular flexibility index (Phi) is 5.53. The number of anilines is 2. The third-order valence-electron chi connectivity index (χ3n) is 4.55. The first-order chi connectivity index (χ1) is 12.2. The van der Waals surface area contributed by atoms with Crippen molar-refractivity contribution >= 4 is 17.4 Å². The quantitative estimate of drug-likeness (QED) is 0.846. The maximum absolute atomic E-state index is 12.2. The number of nitrogens with one attached hydrogen (secondary N) is 2. The molecule has 0 bridgehead atoms. The number of amides is 2. The van der Waals surface area contributed by atoms with Gasteiger partial charge in [-0.1, -0.05) is 13.3 Å². The van der Waals surface area contributed by atoms with E-state index in [2.05, 4.69) is 39.6 Å². The summed E-state index contributed by atoms with van der Waals surface area (Å²) >= 11 is 0. The number of aryl methyl sites for hydroxylation is 1. The van der Waals surface area contributed by atoms with E-state index in [1.165, 1.54) is 12.8 Å². The molecule has 2 N–H and O–H groups in total. The minimum atomic E-state index is -0.180. The average molecular weight is 342 g/mol. The van der Waals surface area contributed by atoms with Gasteiger partial charge < -0.3 is 15.5 Å². The summed E-state index contributed by atoms with van der Waals surface area (Å²) in [6.07, 6.45) is 5.64. The highest BCUT2D eigenvalue weighted by Crippen LogP contribution is 2.17. The molecule has 1 aromatic carbocycles. The van der Waals surface area contributed by atoms with Crippen molar-refractivity contribution in [1.82, 2.24) is 20.1 Å². The largest absolute Gasteiger partial charge is 0.375 e. The molecule has 2 heterocycles. The van der Waals surface area contributed by atoms with Crippen LogP contribution >= 0.6 is 0 Å². The summed E-state index contributed by atoms with van der Waals surface area (Å²) < 4.78 is 1.86. The monoisotopic (exact) mass is 342 g/mol. The van der Waals surface area contributed by atoms with Gasteiger partial charge in [0.05, 0.1) is 12.6 Å². The zero-order chi connectivity index (χ0) is 17.6. The Morgan fingerprint density at radius 1 is 1.36 bits per heavy atom. The number of urea groups is 1. The van der Waals surface area contributed by atoms with Gasteiger partial charge in [-0.2, -0.15) is 5.10 Å². The van der Waals surface area contributed by atoms with Crippen molar-refractivity contribution in [2.75, 3.05) is 23.8 Å². The van der Waals surface area contributed by atoms with Gasteiger partial charge in [0.15, 0.2) is 0 Å². The van der Waals surface area contributed by atoms with Gasteiger partial charge in [-0.25, -0.2) is 14.5 Å². The molecule has 134 valence electrons. The number of benzene rings is 1. The van der Waals surface area contributed by atoms with Crippen molar-refractivity contribution < 1.29 is 4.79 Å². The summed E-state index contributed by atoms with van der Waals surface area (Å²) in [5, 5.41) is 10.1. The fraction of sp³-hybridized carbons (Fsp3) is 0.500. The molecule has 0 saturated heterocycles. The highest BCUT2D eigenvalue weighted by molar-refractivity contribution is 5.89. The van der Waals surface area contributed by atoms with Crippen LogP contribution in [0, 0.1) is 0 Å². The zero-order valence-electron chi connectivity index (χ0n) is 14.9. The van der Waals surface area contributed by atoms with Crippen molar-refractivity contribution in [3.8, 4) is 0 Å². The van der Waals surface area contributed by atoms with E-state index in [4.69, 9.17) is 0 Å². The van der Waals surface area contributed by atoms with Gasteiger partial charge in [-0.15, -0.1) is 0 Å². The molecule has 0 saturated carbocycles. The van der Waals surface area contributed by atoms with Crippen LogP contribution in [-0.2, 0) is 13.0 Å². The third-order valence-corrected chi connectivity index (χ3v) is 4.55. The molecule has 7 nitrogen and oxygen atoms in total. The Balaban J connectivity index is 1.50. The van der Waals surface area contributed by atoms with Crippen LogP contribution in [-0.4, -0.2) is 40.4 Å². The van der Waals surface area contributed by atoms with E-state index in [1.807, 2.05) is 28.9 Å². The van der Waals surface area contributed by atoms with Crippen molar-refractivity contribution in [3.63, 3.8) is 0 Å². The van der Waals surface area contributed by atoms with Gasteiger partial charge in [0.25, 0.3) is 0 Å². The number of hydrogen-bond donors (Lipinski definition) is 2. The fourth-order valence-electron chi connectivity index (χ4n) is 3.03. The molecule has 2 amide bonds. The minimum absolute atomic E-state index is 0.0775. The molecule has 25 heavy (non-hydrogen) atoms. The molecular weight excluding hydrogens is 316 g/mol. The Hall–Kier alpha value is -2.57. The highest BCUT2D eigenvalue weighted by Gasteiger charge is 2.21. The fourth-order valence-corrected chi connectivity index (χ4v) is 3.03. The number of carbonyl (C=O) groups is 1. The SMILES string of the molecule is CCCCN(C)c1ccc(NC(=O)N[C@@H]2CCc3ncnn3C2)cc1. The van der Waals surface area contributed by atoms with Crippen LogP contribution in [0.15, 0.2) is 30.6 Å². The topological polar surface area (TPSA) is 75.1 Å². The number of rotatable bonds is 6. The zero-order valence-corrected chi connectivity index (χ0v) is 14.9. The van der Waals surface area contributed by atoms with E-state index >= 15 is 0 Å². The number of unbranched alkanes of at least 4 members (excludes halogenated alkanes) is 1. The molecule has 0 fully saturated rings. The molecule has 0 unspecified atom stereocenters. The first kappa shape index (κ1) is 17.3. The number of carbonyl (C=O) groups excluding carboxylic acids is 1. The standard InChI is InChI=1S/C18H26N6O/c1-3-4-11-23(2)16-8-5-14(6-9-16)21-18(25)22-15-7-10-17-19-13-20-24(17)12-15/h5-6,8-9,13,15H,3-4,7,10-12H2,1-2H3,(H2,21,22,25)/t15-/m1/s1. The van der Waals surface area contributed by atoms with Crippen LogP contribution in [0.4, 0.5) is 16.2 Å². The summed E-state index contributed by atoms with van der Waals surface area (Å²) in [5.74, 6) is 0.987. The number of hydrogen-bond acceptors (Lipinski definition) is 4. The van der Waals surface area contributed by atoms with E-state index in [1.54, 1.807) is 6.33 Å². The summed E-state index contributed by atoms with van der Waals surface area (Å²) in [6.45, 7) is 3.90. The predicted molar refractivity (Wildman–Crippen MR) is 98.9 cm³/mol. The number of fused-ring (bicyclic) bond motifs is 1. The molecule has 1 aliphatic heterocycles. The lowest BCUT2D eigenvalue weighted by molar-refractivity contribution is 0.243. The third kappa shape index (κ3) is 4.49. The van der Waals surface area contributed by atoms with Gasteiger partial charge in [-0.3, -0.25) is 0 Å². The van der Waals surface area contributed by atoms with Crippen LogP contribution in [0.25, 0.3) is 0 Å². The summed E-state index contributed by atoms with van der Waals surface area (Å²) in [6, 6.07) is 7.84. The summed E-state index contributed by atoms with van der Waals surface area (Å²) in [5.41, 5.74) is 1.95. The second-order valence-corrected chi connectivity index (χ2v) is 6.51. The van der Waals surface area contributed by atoms with Crippen molar-refractivity contribution in [1.29, 1.82) is 0 Å². The van der Waals surface area contributed by atoms with Crippen LogP contribution < -0.4 is 15.5 Å². The molecule has 1 aromatic heterocycles. The molecule has 0 aliphatic carbocycles. The minimum Gasteiger partial charge on any atom is -0.375 e. The van der Waals surface area contributed by atoms with Crippen LogP contribution in [0.1, 0.15) is 32.0 Å². The first-order valence-electron chi connectivity index (χ1n) is 8.91. The van der Waals surface area contributed by atoms with E-state index in [9.17, 15) is 4.79 Å². The van der Waals surface area contributed by atoms with E-state index in [0.29, 0.717) is 6.54 Å². The normalized spacial score (nSPS) is 16.2. The molecule has 0 radical (unpaired) electrons. The summed E-state index contributed by atoms with van der Waals surface area (Å²) in [4.78, 5) is 18.6. The lowest BCUT2D eigenvalue weighted by atomic mass is 10.1. The second-order valence-electron chi connectivity index (χ2n) is 6.51. The highest BCUT2D eigenvalue weighted by atomic mass is 16.2. The van der Waals surface area contributed by atoms with Gasteiger partial charge >= 0.3 is 6.03 Å². The lowest BCUT2D eigenvalue weighted by Gasteiger charge is -2.23. The predicted octanol–water partition coefficient (Wildman–Crippen LogP) is 2.65. The van der Waals surface area contributed by atoms with Gasteiger partial charge in [0.1, 0.15) is 12.2 Å². The van der Waals surface area contributed by atoms with Gasteiger partial charge in [0, 0.05) is 31.4 Å². The Bertz CT molecular complexity index is 696. The van der Waals surface area contributed by atoms with Crippen molar-refractivity contribution in [2.45, 2.75) is 45.2 Å². The van der Waals surface area contributed by atoms with Crippen molar-refractivity contribution in [2.24, 2.45) is 0 Å². The molecule has 3 rings (SSSR count). The Labute approximate surface area is 148 Å². The molecule has 0 spiro atoms. The maximum atomic E-state index is 12.2. The smallest absolute Gasteiger partial charge is 0.319 e. The Morgan fingerprint density at radius 3 is 2.92 bits per heavy atom. The molecular formula is C18H26N6O. The first-order valence-corrected chi connectivity index (χ1v) is 8.91. The van der Waals surface area contributed by atoms with Gasteiger partial charge in [0.2, 0.25) is 0 Å². The van der Waals surface area contributed by atoms with E-state index < -0.39 is 0 Å². The van der Waals surface area contributed by atoms with Crippen molar-refractivity contribution in [3.05, 3.63) is 36.4 Å². The van der Waals surface area contributed by atoms with Crippen LogP contribution in [0.5, 0.6) is 0 Å². The number of aromatic nitrogens is 3. The molecule has 2 aromatic rings. The van der Waals surface area contributed by atoms with Crippen LogP contribution in [0.3, 0.4) is 0 Å². The van der Waals surface area contributed by atoms with Gasteiger partial charge in [-0.05, 0) is 37.1 Å². The molecule has 1 aliphatic rings. The maximum Gasteiger partial charge on any atom is 0.319 e. The second kappa shape index (κ2) is 8.00. The van der Waals surface area contributed by atoms with E-state index in [-0.39, 0.29) is 12.1 Å². The lowest BCUT2D eigenvalue weighted by Crippen LogP contribution is -2.43. The average Bonchev–Trinajstić information content (AvgIpc) is 3.08.